The van der Waals surface area contributed by atoms with Crippen LogP contribution in [-0.4, -0.2) is 48.1 Å². The first-order valence-electron chi connectivity index (χ1n) is 13.0. The Hall–Kier alpha value is -2.32. The third-order valence-electron chi connectivity index (χ3n) is 7.05. The first kappa shape index (κ1) is 28.3. The number of alkyl carbamates (subject to hydrolysis) is 1. The Morgan fingerprint density at radius 2 is 1.75 bits per heavy atom. The lowest BCUT2D eigenvalue weighted by Crippen LogP contribution is -2.44. The van der Waals surface area contributed by atoms with Crippen molar-refractivity contribution in [2.24, 2.45) is 0 Å². The van der Waals surface area contributed by atoms with E-state index in [-0.39, 0.29) is 6.10 Å². The van der Waals surface area contributed by atoms with Crippen LogP contribution in [0.4, 0.5) is 4.79 Å². The van der Waals surface area contributed by atoms with Crippen LogP contribution in [0.25, 0.3) is 6.08 Å². The molecule has 36 heavy (non-hydrogen) atoms. The normalized spacial score (nSPS) is 20.5. The minimum absolute atomic E-state index is 0.0748. The molecule has 0 radical (unpaired) electrons. The number of carbonyl (C=O) groups excluding carboxylic acids is 2. The summed E-state index contributed by atoms with van der Waals surface area (Å²) in [6.45, 7) is 15.5. The van der Waals surface area contributed by atoms with Crippen LogP contribution in [0.15, 0.2) is 24.3 Å². The third-order valence-corrected chi connectivity index (χ3v) is 7.05. The minimum atomic E-state index is -0.818. The van der Waals surface area contributed by atoms with E-state index in [0.717, 1.165) is 42.3 Å². The Bertz CT molecular complexity index is 959. The molecule has 8 heteroatoms. The van der Waals surface area contributed by atoms with Gasteiger partial charge in [-0.05, 0) is 104 Å². The van der Waals surface area contributed by atoms with E-state index < -0.39 is 42.0 Å². The Morgan fingerprint density at radius 1 is 1.14 bits per heavy atom. The van der Waals surface area contributed by atoms with Crippen LogP contribution in [0.3, 0.4) is 0 Å². The van der Waals surface area contributed by atoms with Crippen molar-refractivity contribution in [3.8, 4) is 0 Å². The Balaban J connectivity index is 1.67. The van der Waals surface area contributed by atoms with Gasteiger partial charge >= 0.3 is 19.2 Å². The molecule has 1 N–H and O–H groups in total. The molecule has 3 rings (SSSR count). The number of benzene rings is 1. The zero-order valence-electron chi connectivity index (χ0n) is 23.1. The highest BCUT2D eigenvalue weighted by atomic mass is 16.7. The molecule has 2 fully saturated rings. The van der Waals surface area contributed by atoms with Gasteiger partial charge in [-0.1, -0.05) is 30.4 Å². The molecule has 1 heterocycles. The maximum Gasteiger partial charge on any atom is 0.494 e. The van der Waals surface area contributed by atoms with E-state index >= 15 is 0 Å². The van der Waals surface area contributed by atoms with Gasteiger partial charge in [0.05, 0.1) is 11.2 Å². The van der Waals surface area contributed by atoms with E-state index in [1.807, 2.05) is 58.9 Å². The Morgan fingerprint density at radius 3 is 2.31 bits per heavy atom. The Labute approximate surface area is 216 Å². The van der Waals surface area contributed by atoms with Crippen LogP contribution in [-0.2, 0) is 23.6 Å². The van der Waals surface area contributed by atoms with E-state index in [0.29, 0.717) is 6.42 Å². The van der Waals surface area contributed by atoms with E-state index in [9.17, 15) is 9.59 Å². The van der Waals surface area contributed by atoms with Crippen molar-refractivity contribution < 1.29 is 28.4 Å². The number of carbonyl (C=O) groups is 2. The maximum absolute atomic E-state index is 12.9. The highest BCUT2D eigenvalue weighted by Crippen LogP contribution is 2.36. The maximum atomic E-state index is 12.9. The van der Waals surface area contributed by atoms with Gasteiger partial charge in [-0.25, -0.2) is 9.59 Å². The molecule has 1 amide bonds. The number of hydrogen-bond donors (Lipinski definition) is 1. The molecule has 1 saturated heterocycles. The van der Waals surface area contributed by atoms with Crippen molar-refractivity contribution >= 4 is 30.7 Å². The standard InChI is InChI=1S/C28H42BNO6/c1-19-18-21(29-35-27(5,6)28(7,8)36-29)17-16-20(19)12-11-15-23(30-25(32)34-26(2,3)4)24(31)33-22-13-9-10-14-22/h11-12,16-18,22-23H,9-10,13-15H2,1-8H3,(H,30,32)/b12-11+/t23-/m0/s1. The SMILES string of the molecule is Cc1cc(B2OC(C)(C)C(C)(C)O2)ccc1/C=C/C[C@H](NC(=O)OC(C)(C)C)C(=O)OC1CCCC1. The van der Waals surface area contributed by atoms with E-state index in [1.165, 1.54) is 0 Å². The highest BCUT2D eigenvalue weighted by Gasteiger charge is 2.51. The lowest BCUT2D eigenvalue weighted by atomic mass is 9.78. The van der Waals surface area contributed by atoms with E-state index in [4.69, 9.17) is 18.8 Å². The molecule has 1 aliphatic heterocycles. The Kier molecular flexibility index (Phi) is 8.61. The van der Waals surface area contributed by atoms with Crippen LogP contribution in [0.5, 0.6) is 0 Å². The summed E-state index contributed by atoms with van der Waals surface area (Å²) in [5.41, 5.74) is 1.59. The van der Waals surface area contributed by atoms with Gasteiger partial charge in [-0.15, -0.1) is 0 Å². The second-order valence-corrected chi connectivity index (χ2v) is 11.9. The summed E-state index contributed by atoms with van der Waals surface area (Å²) in [5.74, 6) is -0.426. The van der Waals surface area contributed by atoms with Crippen molar-refractivity contribution in [3.63, 3.8) is 0 Å². The molecule has 0 bridgehead atoms. The van der Waals surface area contributed by atoms with E-state index in [2.05, 4.69) is 11.4 Å². The molecule has 1 atom stereocenters. The lowest BCUT2D eigenvalue weighted by molar-refractivity contribution is -0.151. The summed E-state index contributed by atoms with van der Waals surface area (Å²) < 4.78 is 23.4. The number of amides is 1. The van der Waals surface area contributed by atoms with Crippen molar-refractivity contribution in [1.29, 1.82) is 0 Å². The van der Waals surface area contributed by atoms with Gasteiger partial charge in [0.2, 0.25) is 0 Å². The second kappa shape index (κ2) is 11.0. The first-order chi connectivity index (χ1) is 16.7. The number of ether oxygens (including phenoxy) is 2. The van der Waals surface area contributed by atoms with Crippen molar-refractivity contribution in [3.05, 3.63) is 35.4 Å². The van der Waals surface area contributed by atoms with Crippen molar-refractivity contribution in [2.45, 2.75) is 116 Å². The fraction of sp³-hybridized carbons (Fsp3) is 0.643. The zero-order chi connectivity index (χ0) is 26.7. The van der Waals surface area contributed by atoms with Gasteiger partial charge in [0.25, 0.3) is 0 Å². The zero-order valence-corrected chi connectivity index (χ0v) is 23.1. The number of esters is 1. The first-order valence-corrected chi connectivity index (χ1v) is 13.0. The fourth-order valence-electron chi connectivity index (χ4n) is 4.26. The quantitative estimate of drug-likeness (QED) is 0.416. The van der Waals surface area contributed by atoms with Gasteiger partial charge in [0, 0.05) is 0 Å². The van der Waals surface area contributed by atoms with Crippen LogP contribution >= 0.6 is 0 Å². The van der Waals surface area contributed by atoms with Gasteiger partial charge in [0.15, 0.2) is 0 Å². The summed E-state index contributed by atoms with van der Waals surface area (Å²) in [6, 6.07) is 5.26. The molecule has 1 aliphatic carbocycles. The number of nitrogens with one attached hydrogen (secondary N) is 1. The number of hydrogen-bond acceptors (Lipinski definition) is 6. The minimum Gasteiger partial charge on any atom is -0.461 e. The summed E-state index contributed by atoms with van der Waals surface area (Å²) in [5, 5.41) is 2.69. The molecular weight excluding hydrogens is 457 g/mol. The van der Waals surface area contributed by atoms with Crippen LogP contribution in [0.2, 0.25) is 0 Å². The lowest BCUT2D eigenvalue weighted by Gasteiger charge is -2.32. The molecule has 1 aromatic carbocycles. The molecular formula is C28H42BNO6. The second-order valence-electron chi connectivity index (χ2n) is 11.9. The van der Waals surface area contributed by atoms with Crippen LogP contribution in [0, 0.1) is 6.92 Å². The predicted molar refractivity (Wildman–Crippen MR) is 142 cm³/mol. The molecule has 0 spiro atoms. The monoisotopic (exact) mass is 499 g/mol. The van der Waals surface area contributed by atoms with Crippen molar-refractivity contribution in [2.75, 3.05) is 0 Å². The molecule has 198 valence electrons. The summed E-state index contributed by atoms with van der Waals surface area (Å²) >= 11 is 0. The van der Waals surface area contributed by atoms with Gasteiger partial charge < -0.3 is 24.1 Å². The molecule has 0 unspecified atom stereocenters. The van der Waals surface area contributed by atoms with Gasteiger partial charge in [-0.3, -0.25) is 0 Å². The smallest absolute Gasteiger partial charge is 0.461 e. The summed E-state index contributed by atoms with van der Waals surface area (Å²) in [7, 11) is -0.417. The molecule has 0 aromatic heterocycles. The fourth-order valence-corrected chi connectivity index (χ4v) is 4.26. The van der Waals surface area contributed by atoms with Crippen molar-refractivity contribution in [1.82, 2.24) is 5.32 Å². The topological polar surface area (TPSA) is 83.1 Å². The summed E-state index contributed by atoms with van der Waals surface area (Å²) in [6.07, 6.45) is 7.28. The average molecular weight is 499 g/mol. The number of aryl methyl sites for hydroxylation is 1. The largest absolute Gasteiger partial charge is 0.494 e. The molecule has 1 saturated carbocycles. The molecule has 2 aliphatic rings. The van der Waals surface area contributed by atoms with Gasteiger partial charge in [-0.2, -0.15) is 0 Å². The molecule has 7 nitrogen and oxygen atoms in total. The van der Waals surface area contributed by atoms with E-state index in [1.54, 1.807) is 20.8 Å². The van der Waals surface area contributed by atoms with Crippen LogP contribution in [0.1, 0.15) is 91.7 Å². The van der Waals surface area contributed by atoms with Gasteiger partial charge in [0.1, 0.15) is 17.7 Å². The predicted octanol–water partition coefficient (Wildman–Crippen LogP) is 5.08. The highest BCUT2D eigenvalue weighted by molar-refractivity contribution is 6.62. The van der Waals surface area contributed by atoms with Crippen LogP contribution < -0.4 is 10.8 Å². The third kappa shape index (κ3) is 7.36. The number of rotatable bonds is 7. The molecule has 1 aromatic rings. The summed E-state index contributed by atoms with van der Waals surface area (Å²) in [4.78, 5) is 25.2. The average Bonchev–Trinajstić information content (AvgIpc) is 3.32.